The number of hydrogen-bond acceptors (Lipinski definition) is 4. The van der Waals surface area contributed by atoms with Crippen LogP contribution in [0.3, 0.4) is 0 Å². The zero-order chi connectivity index (χ0) is 17.3. The van der Waals surface area contributed by atoms with Crippen LogP contribution in [0, 0.1) is 22.9 Å². The molecule has 0 saturated heterocycles. The molecule has 0 atom stereocenters. The van der Waals surface area contributed by atoms with Gasteiger partial charge in [-0.15, -0.1) is 0 Å². The maximum absolute atomic E-state index is 13.1. The zero-order valence-electron chi connectivity index (χ0n) is 13.0. The first-order chi connectivity index (χ1) is 11.4. The Kier molecular flexibility index (Phi) is 4.16. The predicted octanol–water partition coefficient (Wildman–Crippen LogP) is 3.87. The van der Waals surface area contributed by atoms with Crippen molar-refractivity contribution in [1.82, 2.24) is 0 Å². The van der Waals surface area contributed by atoms with E-state index < -0.39 is 16.6 Å². The van der Waals surface area contributed by atoms with Crippen LogP contribution in [0.2, 0.25) is 0 Å². The van der Waals surface area contributed by atoms with Crippen molar-refractivity contribution in [3.63, 3.8) is 0 Å². The maximum atomic E-state index is 13.1. The summed E-state index contributed by atoms with van der Waals surface area (Å²) in [7, 11) is 0. The quantitative estimate of drug-likeness (QED) is 0.644. The molecule has 2 N–H and O–H groups in total. The van der Waals surface area contributed by atoms with Gasteiger partial charge in [-0.05, 0) is 55.7 Å². The summed E-state index contributed by atoms with van der Waals surface area (Å²) < 4.78 is 13.1. The van der Waals surface area contributed by atoms with E-state index in [0.717, 1.165) is 12.8 Å². The molecule has 1 fully saturated rings. The van der Waals surface area contributed by atoms with Crippen molar-refractivity contribution < 1.29 is 14.1 Å². The summed E-state index contributed by atoms with van der Waals surface area (Å²) in [6.45, 7) is 1.67. The highest BCUT2D eigenvalue weighted by molar-refractivity contribution is 6.05. The summed E-state index contributed by atoms with van der Waals surface area (Å²) in [5.74, 6) is -0.873. The summed E-state index contributed by atoms with van der Waals surface area (Å²) >= 11 is 0. The number of carbonyl (C=O) groups is 1. The van der Waals surface area contributed by atoms with Gasteiger partial charge >= 0.3 is 0 Å². The molecule has 24 heavy (non-hydrogen) atoms. The van der Waals surface area contributed by atoms with E-state index in [0.29, 0.717) is 16.9 Å². The number of amides is 1. The maximum Gasteiger partial charge on any atom is 0.293 e. The van der Waals surface area contributed by atoms with E-state index in [2.05, 4.69) is 10.6 Å². The van der Waals surface area contributed by atoms with Crippen LogP contribution in [-0.2, 0) is 0 Å². The van der Waals surface area contributed by atoms with Gasteiger partial charge in [-0.1, -0.05) is 0 Å². The lowest BCUT2D eigenvalue weighted by Crippen LogP contribution is -2.14. The minimum absolute atomic E-state index is 0.134. The molecule has 0 aromatic heterocycles. The molecule has 0 unspecified atom stereocenters. The van der Waals surface area contributed by atoms with Crippen LogP contribution < -0.4 is 10.6 Å². The average molecular weight is 329 g/mol. The molecule has 1 aliphatic carbocycles. The van der Waals surface area contributed by atoms with Gasteiger partial charge in [0.05, 0.1) is 4.92 Å². The van der Waals surface area contributed by atoms with E-state index in [4.69, 9.17) is 0 Å². The van der Waals surface area contributed by atoms with Crippen LogP contribution in [0.25, 0.3) is 0 Å². The molecule has 0 spiro atoms. The van der Waals surface area contributed by atoms with Gasteiger partial charge in [0, 0.05) is 23.4 Å². The fourth-order valence-electron chi connectivity index (χ4n) is 2.36. The lowest BCUT2D eigenvalue weighted by Gasteiger charge is -2.10. The largest absolute Gasteiger partial charge is 0.377 e. The van der Waals surface area contributed by atoms with Crippen LogP contribution in [0.1, 0.15) is 28.8 Å². The first-order valence-corrected chi connectivity index (χ1v) is 7.56. The molecule has 2 aromatic carbocycles. The Labute approximate surface area is 137 Å². The second-order valence-corrected chi connectivity index (χ2v) is 5.82. The van der Waals surface area contributed by atoms with Crippen molar-refractivity contribution in [2.75, 3.05) is 10.6 Å². The first kappa shape index (κ1) is 15.9. The second-order valence-electron chi connectivity index (χ2n) is 5.82. The van der Waals surface area contributed by atoms with Crippen LogP contribution >= 0.6 is 0 Å². The molecular weight excluding hydrogens is 313 g/mol. The summed E-state index contributed by atoms with van der Waals surface area (Å²) in [5, 5.41) is 17.0. The first-order valence-electron chi connectivity index (χ1n) is 7.56. The van der Waals surface area contributed by atoms with Gasteiger partial charge in [0.15, 0.2) is 0 Å². The van der Waals surface area contributed by atoms with Gasteiger partial charge in [-0.2, -0.15) is 0 Å². The SMILES string of the molecule is Cc1cc(F)ccc1NC(=O)c1ccc(NC2CC2)c([N+](=O)[O-])c1. The molecule has 1 saturated carbocycles. The van der Waals surface area contributed by atoms with E-state index in [9.17, 15) is 19.3 Å². The fraction of sp³-hybridized carbons (Fsp3) is 0.235. The van der Waals surface area contributed by atoms with Crippen LogP contribution in [0.15, 0.2) is 36.4 Å². The number of benzene rings is 2. The number of nitro groups is 1. The summed E-state index contributed by atoms with van der Waals surface area (Å²) in [6.07, 6.45) is 1.98. The third-order valence-electron chi connectivity index (χ3n) is 3.83. The van der Waals surface area contributed by atoms with Crippen LogP contribution in [-0.4, -0.2) is 16.9 Å². The van der Waals surface area contributed by atoms with E-state index in [1.807, 2.05) is 0 Å². The molecule has 1 amide bonds. The number of nitro benzene ring substituents is 1. The summed E-state index contributed by atoms with van der Waals surface area (Å²) in [4.78, 5) is 23.1. The van der Waals surface area contributed by atoms with E-state index >= 15 is 0 Å². The molecule has 2 aromatic rings. The Morgan fingerprint density at radius 3 is 2.54 bits per heavy atom. The van der Waals surface area contributed by atoms with Crippen LogP contribution in [0.5, 0.6) is 0 Å². The Balaban J connectivity index is 1.83. The summed E-state index contributed by atoms with van der Waals surface area (Å²) in [5.41, 5.74) is 1.49. The van der Waals surface area contributed by atoms with Gasteiger partial charge in [0.1, 0.15) is 11.5 Å². The number of carbonyl (C=O) groups excluding carboxylic acids is 1. The second kappa shape index (κ2) is 6.27. The van der Waals surface area contributed by atoms with Gasteiger partial charge in [0.2, 0.25) is 0 Å². The Morgan fingerprint density at radius 2 is 1.92 bits per heavy atom. The van der Waals surface area contributed by atoms with Gasteiger partial charge in [-0.3, -0.25) is 14.9 Å². The molecule has 0 radical (unpaired) electrons. The minimum Gasteiger partial charge on any atom is -0.377 e. The standard InChI is InChI=1S/C17H16FN3O3/c1-10-8-12(18)3-7-14(10)20-17(22)11-2-6-15(19-13-4-5-13)16(9-11)21(23)24/h2-3,6-9,13,19H,4-5H2,1H3,(H,20,22). The number of hydrogen-bond donors (Lipinski definition) is 2. The molecule has 1 aliphatic rings. The van der Waals surface area contributed by atoms with Crippen molar-refractivity contribution in [2.45, 2.75) is 25.8 Å². The number of aryl methyl sites for hydroxylation is 1. The molecular formula is C17H16FN3O3. The molecule has 0 heterocycles. The van der Waals surface area contributed by atoms with Gasteiger partial charge in [0.25, 0.3) is 11.6 Å². The smallest absolute Gasteiger partial charge is 0.293 e. The fourth-order valence-corrected chi connectivity index (χ4v) is 2.36. The van der Waals surface area contributed by atoms with E-state index in [1.54, 1.807) is 13.0 Å². The van der Waals surface area contributed by atoms with Crippen molar-refractivity contribution >= 4 is 23.0 Å². The van der Waals surface area contributed by atoms with E-state index in [1.165, 1.54) is 30.3 Å². The Morgan fingerprint density at radius 1 is 1.21 bits per heavy atom. The lowest BCUT2D eigenvalue weighted by atomic mass is 10.1. The minimum atomic E-state index is -0.509. The highest BCUT2D eigenvalue weighted by atomic mass is 19.1. The zero-order valence-corrected chi connectivity index (χ0v) is 13.0. The van der Waals surface area contributed by atoms with Gasteiger partial charge < -0.3 is 10.6 Å². The highest BCUT2D eigenvalue weighted by Crippen LogP contribution is 2.31. The molecule has 3 rings (SSSR count). The molecule has 124 valence electrons. The Hall–Kier alpha value is -2.96. The third-order valence-corrected chi connectivity index (χ3v) is 3.83. The van der Waals surface area contributed by atoms with Crippen molar-refractivity contribution in [1.29, 1.82) is 0 Å². The Bertz CT molecular complexity index is 819. The van der Waals surface area contributed by atoms with E-state index in [-0.39, 0.29) is 17.3 Å². The number of rotatable bonds is 5. The number of nitrogens with one attached hydrogen (secondary N) is 2. The van der Waals surface area contributed by atoms with Crippen molar-refractivity contribution in [3.8, 4) is 0 Å². The third kappa shape index (κ3) is 3.51. The highest BCUT2D eigenvalue weighted by Gasteiger charge is 2.25. The number of halogens is 1. The number of nitrogens with zero attached hydrogens (tertiary/aromatic N) is 1. The summed E-state index contributed by atoms with van der Waals surface area (Å²) in [6, 6.07) is 8.60. The molecule has 6 nitrogen and oxygen atoms in total. The molecule has 7 heteroatoms. The molecule has 0 aliphatic heterocycles. The monoisotopic (exact) mass is 329 g/mol. The lowest BCUT2D eigenvalue weighted by molar-refractivity contribution is -0.384. The number of anilines is 2. The van der Waals surface area contributed by atoms with Crippen LogP contribution in [0.4, 0.5) is 21.5 Å². The van der Waals surface area contributed by atoms with Crippen molar-refractivity contribution in [3.05, 3.63) is 63.5 Å². The normalized spacial score (nSPS) is 13.4. The topological polar surface area (TPSA) is 84.3 Å². The predicted molar refractivity (Wildman–Crippen MR) is 88.8 cm³/mol. The van der Waals surface area contributed by atoms with Gasteiger partial charge in [-0.25, -0.2) is 4.39 Å². The molecule has 0 bridgehead atoms. The van der Waals surface area contributed by atoms with Crippen molar-refractivity contribution in [2.24, 2.45) is 0 Å². The average Bonchev–Trinajstić information content (AvgIpc) is 3.34.